The third-order valence-electron chi connectivity index (χ3n) is 8.00. The van der Waals surface area contributed by atoms with Gasteiger partial charge >= 0.3 is 5.97 Å². The molecule has 1 N–H and O–H groups in total. The molecule has 1 aromatic carbocycles. The molecular formula is C24H29NO3. The number of carboxylic acids is 1. The summed E-state index contributed by atoms with van der Waals surface area (Å²) in [6.45, 7) is 2.91. The maximum atomic E-state index is 14.0. The topological polar surface area (TPSA) is 57.6 Å². The number of amides is 1. The van der Waals surface area contributed by atoms with Gasteiger partial charge in [-0.2, -0.15) is 0 Å². The fourth-order valence-electron chi connectivity index (χ4n) is 6.78. The molecule has 0 radical (unpaired) electrons. The maximum Gasteiger partial charge on any atom is 0.307 e. The number of carbonyl (C=O) groups excluding carboxylic acids is 1. The third kappa shape index (κ3) is 2.57. The molecule has 2 fully saturated rings. The van der Waals surface area contributed by atoms with Crippen molar-refractivity contribution in [3.63, 3.8) is 0 Å². The second-order valence-corrected chi connectivity index (χ2v) is 9.50. The average Bonchev–Trinajstić information content (AvgIpc) is 3.40. The van der Waals surface area contributed by atoms with Crippen LogP contribution in [0.25, 0.3) is 0 Å². The van der Waals surface area contributed by atoms with Gasteiger partial charge in [-0.3, -0.25) is 9.59 Å². The molecule has 0 aromatic heterocycles. The Balaban J connectivity index is 1.55. The van der Waals surface area contributed by atoms with E-state index in [9.17, 15) is 14.7 Å². The highest BCUT2D eigenvalue weighted by Gasteiger charge is 2.55. The fourth-order valence-corrected chi connectivity index (χ4v) is 6.78. The van der Waals surface area contributed by atoms with Gasteiger partial charge in [0.2, 0.25) is 5.91 Å². The number of fused-ring (bicyclic) bond motifs is 3. The lowest BCUT2D eigenvalue weighted by Gasteiger charge is -2.44. The number of benzene rings is 1. The van der Waals surface area contributed by atoms with Crippen LogP contribution in [-0.4, -0.2) is 27.4 Å². The molecular weight excluding hydrogens is 350 g/mol. The number of hydrogen-bond acceptors (Lipinski definition) is 2. The molecule has 3 aliphatic carbocycles. The molecule has 1 spiro atoms. The molecule has 2 saturated carbocycles. The summed E-state index contributed by atoms with van der Waals surface area (Å²) in [5.41, 5.74) is 2.48. The van der Waals surface area contributed by atoms with Crippen molar-refractivity contribution >= 4 is 11.9 Å². The fraction of sp³-hybridized carbons (Fsp3) is 0.583. The summed E-state index contributed by atoms with van der Waals surface area (Å²) in [4.78, 5) is 28.1. The zero-order valence-corrected chi connectivity index (χ0v) is 16.5. The monoisotopic (exact) mass is 379 g/mol. The van der Waals surface area contributed by atoms with Gasteiger partial charge in [0.05, 0.1) is 11.8 Å². The number of carbonyl (C=O) groups is 2. The minimum atomic E-state index is -0.806. The van der Waals surface area contributed by atoms with Crippen molar-refractivity contribution in [3.8, 4) is 0 Å². The molecule has 5 rings (SSSR count). The molecule has 0 saturated heterocycles. The van der Waals surface area contributed by atoms with E-state index in [0.29, 0.717) is 12.5 Å². The first-order valence-electron chi connectivity index (χ1n) is 10.8. The van der Waals surface area contributed by atoms with Crippen LogP contribution in [0.4, 0.5) is 0 Å². The minimum absolute atomic E-state index is 0.0224. The molecule has 2 bridgehead atoms. The summed E-state index contributed by atoms with van der Waals surface area (Å²) in [6, 6.07) is 8.50. The summed E-state index contributed by atoms with van der Waals surface area (Å²) in [5.74, 6) is -1.14. The molecule has 5 atom stereocenters. The van der Waals surface area contributed by atoms with E-state index in [-0.39, 0.29) is 23.3 Å². The van der Waals surface area contributed by atoms with Gasteiger partial charge in [0, 0.05) is 12.1 Å². The zero-order valence-electron chi connectivity index (χ0n) is 16.5. The van der Waals surface area contributed by atoms with Gasteiger partial charge in [0.25, 0.3) is 0 Å². The van der Waals surface area contributed by atoms with Crippen LogP contribution < -0.4 is 0 Å². The molecule has 0 unspecified atom stereocenters. The lowest BCUT2D eigenvalue weighted by molar-refractivity contribution is -0.154. The third-order valence-corrected chi connectivity index (χ3v) is 8.00. The van der Waals surface area contributed by atoms with Gasteiger partial charge < -0.3 is 10.0 Å². The van der Waals surface area contributed by atoms with Gasteiger partial charge in [-0.05, 0) is 54.6 Å². The summed E-state index contributed by atoms with van der Waals surface area (Å²) in [6.07, 6.45) is 10.3. The van der Waals surface area contributed by atoms with Crippen LogP contribution in [-0.2, 0) is 16.1 Å². The largest absolute Gasteiger partial charge is 0.481 e. The minimum Gasteiger partial charge on any atom is -0.481 e. The number of nitrogens with zero attached hydrogens (tertiary/aromatic N) is 1. The summed E-state index contributed by atoms with van der Waals surface area (Å²) < 4.78 is 0. The van der Waals surface area contributed by atoms with E-state index in [2.05, 4.69) is 42.2 Å². The normalized spacial score (nSPS) is 35.2. The van der Waals surface area contributed by atoms with Gasteiger partial charge in [-0.15, -0.1) is 0 Å². The van der Waals surface area contributed by atoms with Gasteiger partial charge in [-0.1, -0.05) is 56.2 Å². The molecule has 1 aliphatic heterocycles. The lowest BCUT2D eigenvalue weighted by Crippen LogP contribution is -2.53. The quantitative estimate of drug-likeness (QED) is 0.777. The molecule has 4 nitrogen and oxygen atoms in total. The number of hydrogen-bond donors (Lipinski definition) is 1. The first kappa shape index (κ1) is 18.0. The van der Waals surface area contributed by atoms with E-state index >= 15 is 0 Å². The Kier molecular flexibility index (Phi) is 4.15. The molecule has 4 aliphatic rings. The van der Waals surface area contributed by atoms with E-state index in [1.807, 2.05) is 6.08 Å². The Hall–Kier alpha value is -2.10. The number of rotatable bonds is 2. The summed E-state index contributed by atoms with van der Waals surface area (Å²) >= 11 is 0. The highest BCUT2D eigenvalue weighted by Crippen LogP contribution is 2.52. The highest BCUT2D eigenvalue weighted by atomic mass is 16.4. The van der Waals surface area contributed by atoms with Crippen molar-refractivity contribution in [1.29, 1.82) is 0 Å². The van der Waals surface area contributed by atoms with Crippen LogP contribution in [0.2, 0.25) is 0 Å². The van der Waals surface area contributed by atoms with Crippen LogP contribution in [0.1, 0.15) is 62.5 Å². The van der Waals surface area contributed by atoms with Crippen LogP contribution in [0.15, 0.2) is 36.4 Å². The van der Waals surface area contributed by atoms with Crippen LogP contribution >= 0.6 is 0 Å². The van der Waals surface area contributed by atoms with Crippen molar-refractivity contribution in [2.75, 3.05) is 0 Å². The standard InChI is InChI=1S/C24H29NO3/c1-15-13-24(10-4-5-11-24)25(14-18-6-2-3-7-19(15)18)22(26)20-16-8-9-17(12-16)21(20)23(27)28/h2-3,6-9,15-17,20-21H,4-5,10-14H2,1H3,(H,27,28)/t15-,16+,17+,20+,21-/m1/s1. The average molecular weight is 380 g/mol. The van der Waals surface area contributed by atoms with Gasteiger partial charge in [0.15, 0.2) is 0 Å². The van der Waals surface area contributed by atoms with Gasteiger partial charge in [-0.25, -0.2) is 0 Å². The van der Waals surface area contributed by atoms with E-state index in [4.69, 9.17) is 0 Å². The van der Waals surface area contributed by atoms with Crippen LogP contribution in [0.5, 0.6) is 0 Å². The van der Waals surface area contributed by atoms with Crippen molar-refractivity contribution in [3.05, 3.63) is 47.5 Å². The van der Waals surface area contributed by atoms with Crippen molar-refractivity contribution in [1.82, 2.24) is 4.90 Å². The van der Waals surface area contributed by atoms with E-state index in [1.165, 1.54) is 11.1 Å². The Morgan fingerprint density at radius 1 is 1.07 bits per heavy atom. The first-order valence-corrected chi connectivity index (χ1v) is 10.8. The second-order valence-electron chi connectivity index (χ2n) is 9.50. The van der Waals surface area contributed by atoms with Gasteiger partial charge in [0.1, 0.15) is 0 Å². The molecule has 148 valence electrons. The second kappa shape index (κ2) is 6.47. The Morgan fingerprint density at radius 3 is 2.46 bits per heavy atom. The summed E-state index contributed by atoms with van der Waals surface area (Å²) in [7, 11) is 0. The van der Waals surface area contributed by atoms with Crippen molar-refractivity contribution < 1.29 is 14.7 Å². The highest BCUT2D eigenvalue weighted by molar-refractivity contribution is 5.87. The predicted octanol–water partition coefficient (Wildman–Crippen LogP) is 4.36. The van der Waals surface area contributed by atoms with E-state index < -0.39 is 17.8 Å². The Labute approximate surface area is 166 Å². The molecule has 1 amide bonds. The number of aliphatic carboxylic acids is 1. The maximum absolute atomic E-state index is 14.0. The van der Waals surface area contributed by atoms with E-state index in [1.54, 1.807) is 0 Å². The van der Waals surface area contributed by atoms with E-state index in [0.717, 1.165) is 38.5 Å². The first-order chi connectivity index (χ1) is 13.5. The van der Waals surface area contributed by atoms with Crippen LogP contribution in [0, 0.1) is 23.7 Å². The predicted molar refractivity (Wildman–Crippen MR) is 107 cm³/mol. The molecule has 1 aromatic rings. The Morgan fingerprint density at radius 2 is 1.75 bits per heavy atom. The molecule has 1 heterocycles. The summed E-state index contributed by atoms with van der Waals surface area (Å²) in [5, 5.41) is 9.86. The van der Waals surface area contributed by atoms with Crippen molar-refractivity contribution in [2.24, 2.45) is 23.7 Å². The Bertz CT molecular complexity index is 838. The zero-order chi connectivity index (χ0) is 19.5. The smallest absolute Gasteiger partial charge is 0.307 e. The van der Waals surface area contributed by atoms with Crippen molar-refractivity contribution in [2.45, 2.75) is 63.5 Å². The molecule has 4 heteroatoms. The molecule has 28 heavy (non-hydrogen) atoms. The lowest BCUT2D eigenvalue weighted by atomic mass is 9.79. The number of carboxylic acid groups (broad SMARTS) is 1. The van der Waals surface area contributed by atoms with Crippen LogP contribution in [0.3, 0.4) is 0 Å². The SMILES string of the molecule is C[C@@H]1CC2(CCCC2)N(C(=O)[C@@H]2[C@H](C(=O)O)[C@H]3C=C[C@H]2C3)Cc2ccccc21. The number of allylic oxidation sites excluding steroid dienone is 2.